The zero-order valence-electron chi connectivity index (χ0n) is 11.5. The van der Waals surface area contributed by atoms with Crippen LogP contribution in [0.25, 0.3) is 0 Å². The molecule has 2 unspecified atom stereocenters. The molecular weight excluding hydrogens is 258 g/mol. The van der Waals surface area contributed by atoms with Crippen molar-refractivity contribution >= 4 is 5.97 Å². The van der Waals surface area contributed by atoms with E-state index in [0.717, 1.165) is 19.4 Å². The van der Waals surface area contributed by atoms with E-state index in [0.29, 0.717) is 24.1 Å². The SMILES string of the molecule is O=C(O)c1cncnc1CNCC1CCCCC1CO. The fourth-order valence-corrected chi connectivity index (χ4v) is 2.84. The highest BCUT2D eigenvalue weighted by Crippen LogP contribution is 2.29. The Kier molecular flexibility index (Phi) is 5.43. The number of hydrogen-bond donors (Lipinski definition) is 3. The third-order valence-electron chi connectivity index (χ3n) is 4.03. The largest absolute Gasteiger partial charge is 0.478 e. The molecule has 6 heteroatoms. The molecule has 2 atom stereocenters. The number of aromatic nitrogens is 2. The van der Waals surface area contributed by atoms with E-state index in [1.807, 2.05) is 0 Å². The highest BCUT2D eigenvalue weighted by Gasteiger charge is 2.24. The van der Waals surface area contributed by atoms with E-state index >= 15 is 0 Å². The van der Waals surface area contributed by atoms with E-state index in [-0.39, 0.29) is 12.2 Å². The zero-order valence-corrected chi connectivity index (χ0v) is 11.5. The number of aliphatic hydroxyl groups is 1. The van der Waals surface area contributed by atoms with Crippen molar-refractivity contribution < 1.29 is 15.0 Å². The van der Waals surface area contributed by atoms with Crippen LogP contribution in [0.15, 0.2) is 12.5 Å². The number of nitrogens with zero attached hydrogens (tertiary/aromatic N) is 2. The van der Waals surface area contributed by atoms with Crippen molar-refractivity contribution in [1.29, 1.82) is 0 Å². The van der Waals surface area contributed by atoms with E-state index in [4.69, 9.17) is 5.11 Å². The number of carboxylic acids is 1. The van der Waals surface area contributed by atoms with Crippen molar-refractivity contribution in [2.75, 3.05) is 13.2 Å². The third kappa shape index (κ3) is 3.74. The molecule has 1 aliphatic rings. The first kappa shape index (κ1) is 14.9. The van der Waals surface area contributed by atoms with Gasteiger partial charge in [-0.3, -0.25) is 0 Å². The predicted molar refractivity (Wildman–Crippen MR) is 73.2 cm³/mol. The Morgan fingerprint density at radius 3 is 2.80 bits per heavy atom. The molecule has 6 nitrogen and oxygen atoms in total. The lowest BCUT2D eigenvalue weighted by atomic mass is 9.79. The summed E-state index contributed by atoms with van der Waals surface area (Å²) >= 11 is 0. The summed E-state index contributed by atoms with van der Waals surface area (Å²) in [4.78, 5) is 18.8. The predicted octanol–water partition coefficient (Wildman–Crippen LogP) is 1.06. The summed E-state index contributed by atoms with van der Waals surface area (Å²) in [5, 5.41) is 21.7. The van der Waals surface area contributed by atoms with E-state index in [1.165, 1.54) is 25.4 Å². The van der Waals surface area contributed by atoms with Crippen molar-refractivity contribution in [2.45, 2.75) is 32.2 Å². The van der Waals surface area contributed by atoms with Gasteiger partial charge in [0.1, 0.15) is 11.9 Å². The van der Waals surface area contributed by atoms with Crippen molar-refractivity contribution in [3.63, 3.8) is 0 Å². The molecule has 1 aliphatic carbocycles. The van der Waals surface area contributed by atoms with E-state index in [9.17, 15) is 9.90 Å². The average Bonchev–Trinajstić information content (AvgIpc) is 2.48. The van der Waals surface area contributed by atoms with Crippen molar-refractivity contribution in [1.82, 2.24) is 15.3 Å². The molecule has 0 aliphatic heterocycles. The van der Waals surface area contributed by atoms with Crippen LogP contribution in [0.3, 0.4) is 0 Å². The number of rotatable bonds is 6. The van der Waals surface area contributed by atoms with Gasteiger partial charge in [0.15, 0.2) is 0 Å². The molecule has 3 N–H and O–H groups in total. The van der Waals surface area contributed by atoms with Gasteiger partial charge in [-0.1, -0.05) is 12.8 Å². The molecule has 20 heavy (non-hydrogen) atoms. The number of aromatic carboxylic acids is 1. The van der Waals surface area contributed by atoms with Crippen molar-refractivity contribution in [3.8, 4) is 0 Å². The number of aliphatic hydroxyl groups excluding tert-OH is 1. The maximum absolute atomic E-state index is 11.0. The van der Waals surface area contributed by atoms with Crippen molar-refractivity contribution in [2.24, 2.45) is 11.8 Å². The minimum atomic E-state index is -1.01. The first-order valence-corrected chi connectivity index (χ1v) is 7.06. The second-order valence-electron chi connectivity index (χ2n) is 5.31. The van der Waals surface area contributed by atoms with Gasteiger partial charge in [-0.2, -0.15) is 0 Å². The Balaban J connectivity index is 1.88. The first-order valence-electron chi connectivity index (χ1n) is 7.06. The second-order valence-corrected chi connectivity index (χ2v) is 5.31. The summed E-state index contributed by atoms with van der Waals surface area (Å²) in [6.45, 7) is 1.44. The van der Waals surface area contributed by atoms with Gasteiger partial charge in [-0.15, -0.1) is 0 Å². The molecule has 1 heterocycles. The van der Waals surface area contributed by atoms with E-state index in [1.54, 1.807) is 0 Å². The number of carbonyl (C=O) groups is 1. The lowest BCUT2D eigenvalue weighted by molar-refractivity contribution is 0.0694. The van der Waals surface area contributed by atoms with Crippen LogP contribution < -0.4 is 5.32 Å². The normalized spacial score (nSPS) is 22.6. The van der Waals surface area contributed by atoms with Crippen LogP contribution >= 0.6 is 0 Å². The van der Waals surface area contributed by atoms with Crippen LogP contribution in [0, 0.1) is 11.8 Å². The van der Waals surface area contributed by atoms with Gasteiger partial charge in [0.05, 0.1) is 5.69 Å². The average molecular weight is 279 g/mol. The fourth-order valence-electron chi connectivity index (χ4n) is 2.84. The quantitative estimate of drug-likeness (QED) is 0.721. The Morgan fingerprint density at radius 2 is 2.10 bits per heavy atom. The second kappa shape index (κ2) is 7.31. The number of hydrogen-bond acceptors (Lipinski definition) is 5. The topological polar surface area (TPSA) is 95.3 Å². The minimum Gasteiger partial charge on any atom is -0.478 e. The van der Waals surface area contributed by atoms with Gasteiger partial charge in [0, 0.05) is 19.3 Å². The molecule has 1 saturated carbocycles. The molecule has 0 radical (unpaired) electrons. The van der Waals surface area contributed by atoms with E-state index < -0.39 is 5.97 Å². The molecule has 1 aromatic heterocycles. The maximum atomic E-state index is 11.0. The summed E-state index contributed by atoms with van der Waals surface area (Å²) < 4.78 is 0. The molecule has 110 valence electrons. The zero-order chi connectivity index (χ0) is 14.4. The standard InChI is InChI=1S/C14H21N3O3/c18-8-11-4-2-1-3-10(11)5-15-7-13-12(14(19)20)6-16-9-17-13/h6,9-11,15,18H,1-5,7-8H2,(H,19,20). The summed E-state index contributed by atoms with van der Waals surface area (Å²) in [6.07, 6.45) is 7.28. The summed E-state index contributed by atoms with van der Waals surface area (Å²) in [5.41, 5.74) is 0.645. The first-order chi connectivity index (χ1) is 9.72. The van der Waals surface area contributed by atoms with Gasteiger partial charge in [-0.25, -0.2) is 14.8 Å². The van der Waals surface area contributed by atoms with E-state index in [2.05, 4.69) is 15.3 Å². The lowest BCUT2D eigenvalue weighted by Gasteiger charge is -2.30. The van der Waals surface area contributed by atoms with Gasteiger partial charge in [0.25, 0.3) is 0 Å². The monoisotopic (exact) mass is 279 g/mol. The Hall–Kier alpha value is -1.53. The number of carboxylic acid groups (broad SMARTS) is 1. The molecule has 0 bridgehead atoms. The highest BCUT2D eigenvalue weighted by atomic mass is 16.4. The van der Waals surface area contributed by atoms with Crippen LogP contribution in [-0.2, 0) is 6.54 Å². The van der Waals surface area contributed by atoms with Crippen LogP contribution in [0.5, 0.6) is 0 Å². The molecule has 1 fully saturated rings. The van der Waals surface area contributed by atoms with Gasteiger partial charge >= 0.3 is 5.97 Å². The molecule has 0 amide bonds. The third-order valence-corrected chi connectivity index (χ3v) is 4.03. The van der Waals surface area contributed by atoms with Gasteiger partial charge in [-0.05, 0) is 31.2 Å². The maximum Gasteiger partial charge on any atom is 0.339 e. The Morgan fingerprint density at radius 1 is 1.35 bits per heavy atom. The molecule has 0 saturated heterocycles. The number of nitrogens with one attached hydrogen (secondary N) is 1. The molecule has 0 spiro atoms. The highest BCUT2D eigenvalue weighted by molar-refractivity contribution is 5.88. The lowest BCUT2D eigenvalue weighted by Crippen LogP contribution is -2.32. The van der Waals surface area contributed by atoms with Crippen LogP contribution in [0.4, 0.5) is 0 Å². The van der Waals surface area contributed by atoms with Crippen LogP contribution in [0.2, 0.25) is 0 Å². The molecule has 0 aromatic carbocycles. The van der Waals surface area contributed by atoms with Crippen molar-refractivity contribution in [3.05, 3.63) is 23.8 Å². The summed E-state index contributed by atoms with van der Waals surface area (Å²) in [6, 6.07) is 0. The minimum absolute atomic E-state index is 0.141. The molecule has 2 rings (SSSR count). The smallest absolute Gasteiger partial charge is 0.339 e. The van der Waals surface area contributed by atoms with Crippen LogP contribution in [0.1, 0.15) is 41.7 Å². The Labute approximate surface area is 118 Å². The Bertz CT molecular complexity index is 453. The van der Waals surface area contributed by atoms with Gasteiger partial charge < -0.3 is 15.5 Å². The van der Waals surface area contributed by atoms with Crippen LogP contribution in [-0.4, -0.2) is 39.3 Å². The summed E-state index contributed by atoms with van der Waals surface area (Å²) in [7, 11) is 0. The van der Waals surface area contributed by atoms with Gasteiger partial charge in [0.2, 0.25) is 0 Å². The molecular formula is C14H21N3O3. The molecule has 1 aromatic rings. The fraction of sp³-hybridized carbons (Fsp3) is 0.643. The summed E-state index contributed by atoms with van der Waals surface area (Å²) in [5.74, 6) is -0.183.